The van der Waals surface area contributed by atoms with Crippen molar-refractivity contribution in [3.63, 3.8) is 0 Å². The second-order valence-corrected chi connectivity index (χ2v) is 2.32. The van der Waals surface area contributed by atoms with Gasteiger partial charge in [0.2, 0.25) is 0 Å². The summed E-state index contributed by atoms with van der Waals surface area (Å²) in [6.45, 7) is 1.12. The molecule has 1 saturated heterocycles. The molecule has 7 heavy (non-hydrogen) atoms. The lowest BCUT2D eigenvalue weighted by Gasteiger charge is -2.09. The van der Waals surface area contributed by atoms with Gasteiger partial charge in [-0.25, -0.2) is 0 Å². The molecule has 1 nitrogen and oxygen atoms in total. The molecule has 0 aromatic rings. The van der Waals surface area contributed by atoms with Crippen LogP contribution in [0.4, 0.5) is 0 Å². The summed E-state index contributed by atoms with van der Waals surface area (Å²) in [7, 11) is 2.03. The maximum Gasteiger partial charge on any atom is 0.0880 e. The SMILES string of the molecule is CN1CC[CH]C1Cl. The quantitative estimate of drug-likeness (QED) is 0.340. The largest absolute Gasteiger partial charge is 0.290 e. The van der Waals surface area contributed by atoms with Gasteiger partial charge in [-0.15, -0.1) is 11.6 Å². The molecule has 1 atom stereocenters. The van der Waals surface area contributed by atoms with E-state index in [9.17, 15) is 0 Å². The summed E-state index contributed by atoms with van der Waals surface area (Å²) in [5, 5.41) is 0. The fourth-order valence-corrected chi connectivity index (χ4v) is 0.943. The highest BCUT2D eigenvalue weighted by molar-refractivity contribution is 6.21. The lowest BCUT2D eigenvalue weighted by molar-refractivity contribution is 0.395. The van der Waals surface area contributed by atoms with Crippen molar-refractivity contribution in [3.8, 4) is 0 Å². The Morgan fingerprint density at radius 3 is 2.71 bits per heavy atom. The molecule has 1 radical (unpaired) electrons. The number of alkyl halides is 1. The summed E-state index contributed by atoms with van der Waals surface area (Å²) >= 11 is 5.73. The molecule has 1 fully saturated rings. The van der Waals surface area contributed by atoms with E-state index in [1.54, 1.807) is 0 Å². The van der Waals surface area contributed by atoms with Gasteiger partial charge in [-0.1, -0.05) is 0 Å². The van der Waals surface area contributed by atoms with Crippen LogP contribution < -0.4 is 0 Å². The Hall–Kier alpha value is 0.250. The zero-order chi connectivity index (χ0) is 5.28. The number of hydrogen-bond acceptors (Lipinski definition) is 1. The van der Waals surface area contributed by atoms with Gasteiger partial charge in [0.1, 0.15) is 0 Å². The van der Waals surface area contributed by atoms with Gasteiger partial charge >= 0.3 is 0 Å². The van der Waals surface area contributed by atoms with Gasteiger partial charge in [0.25, 0.3) is 0 Å². The molecule has 0 aromatic heterocycles. The number of halogens is 1. The lowest BCUT2D eigenvalue weighted by Crippen LogP contribution is -2.18. The fourth-order valence-electron chi connectivity index (χ4n) is 0.719. The first-order valence-corrected chi connectivity index (χ1v) is 2.92. The molecule has 1 aliphatic rings. The van der Waals surface area contributed by atoms with Gasteiger partial charge in [0.15, 0.2) is 0 Å². The first-order chi connectivity index (χ1) is 3.30. The third-order valence-corrected chi connectivity index (χ3v) is 1.78. The summed E-state index contributed by atoms with van der Waals surface area (Å²) < 4.78 is 0. The predicted molar refractivity (Wildman–Crippen MR) is 31.2 cm³/mol. The zero-order valence-electron chi connectivity index (χ0n) is 4.39. The van der Waals surface area contributed by atoms with Crippen molar-refractivity contribution in [1.29, 1.82) is 0 Å². The minimum Gasteiger partial charge on any atom is -0.290 e. The van der Waals surface area contributed by atoms with Crippen LogP contribution in [0.25, 0.3) is 0 Å². The van der Waals surface area contributed by atoms with Crippen molar-refractivity contribution >= 4 is 11.6 Å². The Balaban J connectivity index is 2.33. The average molecular weight is 119 g/mol. The van der Waals surface area contributed by atoms with E-state index in [0.29, 0.717) is 0 Å². The number of likely N-dealkylation sites (tertiary alicyclic amines) is 1. The molecule has 1 rings (SSSR count). The van der Waals surface area contributed by atoms with Crippen molar-refractivity contribution < 1.29 is 0 Å². The Kier molecular flexibility index (Phi) is 1.55. The van der Waals surface area contributed by atoms with Gasteiger partial charge in [-0.2, -0.15) is 0 Å². The van der Waals surface area contributed by atoms with Crippen LogP contribution in [0.3, 0.4) is 0 Å². The Labute approximate surface area is 49.3 Å². The predicted octanol–water partition coefficient (Wildman–Crippen LogP) is 1.09. The molecule has 0 aliphatic carbocycles. The smallest absolute Gasteiger partial charge is 0.0880 e. The molecule has 41 valence electrons. The molecule has 1 unspecified atom stereocenters. The van der Waals surface area contributed by atoms with Crippen LogP contribution in [0.5, 0.6) is 0 Å². The maximum atomic E-state index is 5.73. The third kappa shape index (κ3) is 1.07. The molecular formula is C5H9ClN. The molecule has 0 aromatic carbocycles. The zero-order valence-corrected chi connectivity index (χ0v) is 5.15. The van der Waals surface area contributed by atoms with Crippen molar-refractivity contribution in [3.05, 3.63) is 6.42 Å². The van der Waals surface area contributed by atoms with Crippen molar-refractivity contribution in [2.45, 2.75) is 11.9 Å². The van der Waals surface area contributed by atoms with Crippen molar-refractivity contribution in [1.82, 2.24) is 4.90 Å². The van der Waals surface area contributed by atoms with Gasteiger partial charge in [-0.3, -0.25) is 4.90 Å². The Bertz CT molecular complexity index is 57.1. The second kappa shape index (κ2) is 2.01. The number of hydrogen-bond donors (Lipinski definition) is 0. The fraction of sp³-hybridized carbons (Fsp3) is 0.800. The number of nitrogens with zero attached hydrogens (tertiary/aromatic N) is 1. The van der Waals surface area contributed by atoms with Crippen LogP contribution in [0.2, 0.25) is 0 Å². The van der Waals surface area contributed by atoms with E-state index >= 15 is 0 Å². The first-order valence-electron chi connectivity index (χ1n) is 2.48. The summed E-state index contributed by atoms with van der Waals surface area (Å²) in [6, 6.07) is 0. The first kappa shape index (κ1) is 5.39. The molecule has 2 heteroatoms. The molecule has 0 spiro atoms. The van der Waals surface area contributed by atoms with Crippen LogP contribution in [0, 0.1) is 6.42 Å². The second-order valence-electron chi connectivity index (χ2n) is 1.88. The third-order valence-electron chi connectivity index (χ3n) is 1.26. The molecule has 0 bridgehead atoms. The highest BCUT2D eigenvalue weighted by Gasteiger charge is 2.16. The summed E-state index contributed by atoms with van der Waals surface area (Å²) in [5.41, 5.74) is 0.194. The van der Waals surface area contributed by atoms with Gasteiger partial charge in [0.05, 0.1) is 5.50 Å². The van der Waals surface area contributed by atoms with E-state index in [4.69, 9.17) is 11.6 Å². The topological polar surface area (TPSA) is 3.24 Å². The molecule has 1 heterocycles. The number of rotatable bonds is 0. The Morgan fingerprint density at radius 2 is 2.57 bits per heavy atom. The van der Waals surface area contributed by atoms with Gasteiger partial charge in [0, 0.05) is 0 Å². The minimum absolute atomic E-state index is 0.194. The minimum atomic E-state index is 0.194. The van der Waals surface area contributed by atoms with Gasteiger partial charge < -0.3 is 0 Å². The molecule has 0 saturated carbocycles. The van der Waals surface area contributed by atoms with Crippen LogP contribution in [0.15, 0.2) is 0 Å². The lowest BCUT2D eigenvalue weighted by atomic mass is 10.4. The average Bonchev–Trinajstić information content (AvgIpc) is 1.91. The molecule has 0 N–H and O–H groups in total. The van der Waals surface area contributed by atoms with E-state index in [2.05, 4.69) is 11.3 Å². The van der Waals surface area contributed by atoms with Gasteiger partial charge in [-0.05, 0) is 26.4 Å². The van der Waals surface area contributed by atoms with Crippen molar-refractivity contribution in [2.75, 3.05) is 13.6 Å². The van der Waals surface area contributed by atoms with Crippen LogP contribution in [-0.4, -0.2) is 24.0 Å². The van der Waals surface area contributed by atoms with Crippen LogP contribution in [0.1, 0.15) is 6.42 Å². The normalized spacial score (nSPS) is 34.3. The van der Waals surface area contributed by atoms with E-state index in [1.807, 2.05) is 7.05 Å². The van der Waals surface area contributed by atoms with Crippen LogP contribution in [-0.2, 0) is 0 Å². The van der Waals surface area contributed by atoms with Crippen molar-refractivity contribution in [2.24, 2.45) is 0 Å². The summed E-state index contributed by atoms with van der Waals surface area (Å²) in [4.78, 5) is 2.11. The molecule has 1 aliphatic heterocycles. The van der Waals surface area contributed by atoms with E-state index in [1.165, 1.54) is 0 Å². The Morgan fingerprint density at radius 1 is 1.86 bits per heavy atom. The van der Waals surface area contributed by atoms with E-state index < -0.39 is 0 Å². The highest BCUT2D eigenvalue weighted by atomic mass is 35.5. The molecule has 0 amide bonds. The van der Waals surface area contributed by atoms with E-state index in [0.717, 1.165) is 13.0 Å². The van der Waals surface area contributed by atoms with Crippen LogP contribution >= 0.6 is 11.6 Å². The highest BCUT2D eigenvalue weighted by Crippen LogP contribution is 2.15. The maximum absolute atomic E-state index is 5.73. The monoisotopic (exact) mass is 118 g/mol. The standard InChI is InChI=1S/C5H9ClN/c1-7-4-2-3-5(7)6/h3,5H,2,4H2,1H3. The summed E-state index contributed by atoms with van der Waals surface area (Å²) in [5.74, 6) is 0. The van der Waals surface area contributed by atoms with E-state index in [-0.39, 0.29) is 5.50 Å². The molecular weight excluding hydrogens is 110 g/mol. The summed E-state index contributed by atoms with van der Waals surface area (Å²) in [6.07, 6.45) is 3.26.